The van der Waals surface area contributed by atoms with Crippen LogP contribution in [-0.4, -0.2) is 41.6 Å². The van der Waals surface area contributed by atoms with Gasteiger partial charge in [0.05, 0.1) is 12.5 Å². The van der Waals surface area contributed by atoms with E-state index < -0.39 is 11.9 Å². The van der Waals surface area contributed by atoms with Gasteiger partial charge < -0.3 is 15.0 Å². The Hall–Kier alpha value is -0.763. The van der Waals surface area contributed by atoms with E-state index in [-0.39, 0.29) is 32.0 Å². The van der Waals surface area contributed by atoms with Gasteiger partial charge in [0, 0.05) is 6.54 Å². The maximum atomic E-state index is 10.5. The molecule has 0 radical (unpaired) electrons. The van der Waals surface area contributed by atoms with Crippen LogP contribution < -0.4 is 24.0 Å². The number of carboxylic acids is 2. The third-order valence-electron chi connectivity index (χ3n) is 2.21. The van der Waals surface area contributed by atoms with Crippen molar-refractivity contribution in [2.24, 2.45) is 0 Å². The molecule has 0 atom stereocenters. The summed E-state index contributed by atoms with van der Waals surface area (Å²) in [5.74, 6) is -2.26. The molecule has 0 saturated carbocycles. The number of hydrogen-bond donors (Lipinski definition) is 1. The molecule has 18 heavy (non-hydrogen) atoms. The topological polar surface area (TPSA) is 80.7 Å². The molecule has 0 aliphatic rings. The fourth-order valence-corrected chi connectivity index (χ4v) is 1.47. The number of hydrogen-bond acceptors (Lipinski definition) is 4. The average molecular weight is 249 g/mol. The summed E-state index contributed by atoms with van der Waals surface area (Å²) < 4.78 is 0. The average Bonchev–Trinajstić information content (AvgIpc) is 2.21. The smallest absolute Gasteiger partial charge is 0.549 e. The number of allylic oxidation sites excluding steroid dienone is 2. The van der Waals surface area contributed by atoms with Crippen molar-refractivity contribution in [3.05, 3.63) is 12.2 Å². The third-order valence-corrected chi connectivity index (χ3v) is 2.21. The second-order valence-corrected chi connectivity index (χ2v) is 3.85. The number of aliphatic carboxylic acids is 2. The van der Waals surface area contributed by atoms with Gasteiger partial charge in [-0.1, -0.05) is 19.1 Å². The first-order chi connectivity index (χ1) is 8.06. The summed E-state index contributed by atoms with van der Waals surface area (Å²) in [6, 6.07) is 0. The normalized spacial score (nSPS) is 10.6. The van der Waals surface area contributed by atoms with Crippen LogP contribution in [0.4, 0.5) is 0 Å². The van der Waals surface area contributed by atoms with Gasteiger partial charge in [0.1, 0.15) is 0 Å². The van der Waals surface area contributed by atoms with Crippen LogP contribution in [0.25, 0.3) is 0 Å². The standard InChI is InChI=1S/C12H21NO4.Li/c1-2-3-4-5-6-7-8-13(9-11(14)15)10-12(16)17;/h3-4H,2,5-10H2,1H3,(H,14,15)(H,16,17);/q;+1/p-1/b4-3+;. The molecular formula is C12H20LiNO4. The minimum atomic E-state index is -1.24. The van der Waals surface area contributed by atoms with Crippen molar-refractivity contribution in [2.75, 3.05) is 19.6 Å². The number of carboxylic acid groups (broad SMARTS) is 2. The van der Waals surface area contributed by atoms with Crippen molar-refractivity contribution in [2.45, 2.75) is 32.6 Å². The zero-order chi connectivity index (χ0) is 13.1. The molecule has 0 bridgehead atoms. The maximum Gasteiger partial charge on any atom is 1.00 e. The maximum absolute atomic E-state index is 10.5. The second-order valence-electron chi connectivity index (χ2n) is 3.85. The van der Waals surface area contributed by atoms with Crippen LogP contribution in [0.15, 0.2) is 12.2 Å². The van der Waals surface area contributed by atoms with E-state index in [0.29, 0.717) is 6.54 Å². The Morgan fingerprint density at radius 3 is 2.39 bits per heavy atom. The predicted octanol–water partition coefficient (Wildman–Crippen LogP) is -2.74. The molecule has 0 unspecified atom stereocenters. The Kier molecular flexibility index (Phi) is 13.8. The summed E-state index contributed by atoms with van der Waals surface area (Å²) in [7, 11) is 0. The molecule has 6 heteroatoms. The van der Waals surface area contributed by atoms with Gasteiger partial charge in [-0.05, 0) is 32.2 Å². The Bertz CT molecular complexity index is 253. The van der Waals surface area contributed by atoms with Crippen molar-refractivity contribution < 1.29 is 38.7 Å². The number of unbranched alkanes of at least 4 members (excludes halogenated alkanes) is 2. The zero-order valence-electron chi connectivity index (χ0n) is 11.2. The largest absolute Gasteiger partial charge is 1.00 e. The van der Waals surface area contributed by atoms with E-state index in [1.165, 1.54) is 4.90 Å². The molecule has 1 N–H and O–H groups in total. The molecule has 0 aromatic carbocycles. The van der Waals surface area contributed by atoms with Crippen LogP contribution in [0.1, 0.15) is 32.6 Å². The van der Waals surface area contributed by atoms with E-state index in [1.807, 2.05) is 0 Å². The Morgan fingerprint density at radius 2 is 1.89 bits per heavy atom. The van der Waals surface area contributed by atoms with E-state index in [1.54, 1.807) is 0 Å². The molecule has 0 saturated heterocycles. The van der Waals surface area contributed by atoms with E-state index in [0.717, 1.165) is 25.7 Å². The summed E-state index contributed by atoms with van der Waals surface area (Å²) in [4.78, 5) is 22.3. The van der Waals surface area contributed by atoms with E-state index in [9.17, 15) is 14.7 Å². The number of nitrogens with zero attached hydrogens (tertiary/aromatic N) is 1. The number of carbonyl (C=O) groups excluding carboxylic acids is 1. The van der Waals surface area contributed by atoms with Crippen LogP contribution in [0.5, 0.6) is 0 Å². The third kappa shape index (κ3) is 13.3. The molecule has 0 aromatic rings. The molecular weight excluding hydrogens is 229 g/mol. The summed E-state index contributed by atoms with van der Waals surface area (Å²) in [6.07, 6.45) is 7.83. The fourth-order valence-electron chi connectivity index (χ4n) is 1.47. The predicted molar refractivity (Wildman–Crippen MR) is 62.4 cm³/mol. The summed E-state index contributed by atoms with van der Waals surface area (Å²) in [6.45, 7) is 1.96. The zero-order valence-corrected chi connectivity index (χ0v) is 11.2. The molecule has 0 spiro atoms. The first-order valence-electron chi connectivity index (χ1n) is 5.85. The Morgan fingerprint density at radius 1 is 1.22 bits per heavy atom. The van der Waals surface area contributed by atoms with Crippen molar-refractivity contribution in [1.82, 2.24) is 4.90 Å². The van der Waals surface area contributed by atoms with Crippen LogP contribution in [0, 0.1) is 0 Å². The Balaban J connectivity index is 0. The van der Waals surface area contributed by atoms with Gasteiger partial charge in [-0.2, -0.15) is 0 Å². The van der Waals surface area contributed by atoms with Gasteiger partial charge in [0.25, 0.3) is 0 Å². The van der Waals surface area contributed by atoms with Crippen LogP contribution in [0.3, 0.4) is 0 Å². The first-order valence-corrected chi connectivity index (χ1v) is 5.85. The summed E-state index contributed by atoms with van der Waals surface area (Å²) >= 11 is 0. The molecule has 0 rings (SSSR count). The molecule has 0 heterocycles. The quantitative estimate of drug-likeness (QED) is 0.258. The van der Waals surface area contributed by atoms with Crippen molar-refractivity contribution >= 4 is 11.9 Å². The number of carbonyl (C=O) groups is 2. The van der Waals surface area contributed by atoms with Crippen molar-refractivity contribution in [3.63, 3.8) is 0 Å². The number of rotatable bonds is 10. The van der Waals surface area contributed by atoms with Crippen LogP contribution in [0.2, 0.25) is 0 Å². The fraction of sp³-hybridized carbons (Fsp3) is 0.667. The van der Waals surface area contributed by atoms with Gasteiger partial charge in [-0.25, -0.2) is 0 Å². The van der Waals surface area contributed by atoms with Crippen LogP contribution >= 0.6 is 0 Å². The van der Waals surface area contributed by atoms with E-state index >= 15 is 0 Å². The van der Waals surface area contributed by atoms with Gasteiger partial charge in [0.15, 0.2) is 0 Å². The SMILES string of the molecule is CC/C=C/CCCCN(CC(=O)[O-])CC(=O)O.[Li+]. The molecule has 98 valence electrons. The monoisotopic (exact) mass is 249 g/mol. The summed E-state index contributed by atoms with van der Waals surface area (Å²) in [5, 5.41) is 19.0. The summed E-state index contributed by atoms with van der Waals surface area (Å²) in [5.41, 5.74) is 0. The molecule has 0 aliphatic carbocycles. The molecule has 0 aromatic heterocycles. The first kappa shape index (κ1) is 19.6. The Labute approximate surface area is 120 Å². The van der Waals surface area contributed by atoms with E-state index in [2.05, 4.69) is 19.1 Å². The van der Waals surface area contributed by atoms with Gasteiger partial charge in [-0.3, -0.25) is 9.69 Å². The van der Waals surface area contributed by atoms with Crippen molar-refractivity contribution in [1.29, 1.82) is 0 Å². The second kappa shape index (κ2) is 12.7. The molecule has 0 fully saturated rings. The molecule has 0 aliphatic heterocycles. The van der Waals surface area contributed by atoms with Crippen molar-refractivity contribution in [3.8, 4) is 0 Å². The van der Waals surface area contributed by atoms with Gasteiger partial charge in [0.2, 0.25) is 0 Å². The minimum Gasteiger partial charge on any atom is -0.549 e. The van der Waals surface area contributed by atoms with E-state index in [4.69, 9.17) is 5.11 Å². The van der Waals surface area contributed by atoms with Gasteiger partial charge >= 0.3 is 24.8 Å². The van der Waals surface area contributed by atoms with Gasteiger partial charge in [-0.15, -0.1) is 0 Å². The molecule has 5 nitrogen and oxygen atoms in total. The minimum absolute atomic E-state index is 0. The van der Waals surface area contributed by atoms with Crippen LogP contribution in [-0.2, 0) is 9.59 Å². The molecule has 0 amide bonds.